The highest BCUT2D eigenvalue weighted by Gasteiger charge is 2.50. The monoisotopic (exact) mass is 409 g/mol. The lowest BCUT2D eigenvalue weighted by atomic mass is 10.1. The number of nitrogens with zero attached hydrogens (tertiary/aromatic N) is 3. The van der Waals surface area contributed by atoms with Gasteiger partial charge in [0.25, 0.3) is 5.91 Å². The summed E-state index contributed by atoms with van der Waals surface area (Å²) in [6.45, 7) is 7.75. The van der Waals surface area contributed by atoms with E-state index in [-0.39, 0.29) is 11.8 Å². The summed E-state index contributed by atoms with van der Waals surface area (Å²) >= 11 is 1.38. The Labute approximate surface area is 176 Å². The molecule has 4 rings (SSSR count). The van der Waals surface area contributed by atoms with Crippen LogP contribution in [0.4, 0.5) is 5.69 Å². The molecule has 2 heterocycles. The molecule has 0 bridgehead atoms. The van der Waals surface area contributed by atoms with Crippen LogP contribution in [-0.4, -0.2) is 59.6 Å². The number of aryl methyl sites for hydroxylation is 1. The van der Waals surface area contributed by atoms with Crippen molar-refractivity contribution in [2.45, 2.75) is 30.0 Å². The Bertz CT molecular complexity index is 939. The van der Waals surface area contributed by atoms with Crippen molar-refractivity contribution < 1.29 is 9.59 Å². The average molecular weight is 410 g/mol. The van der Waals surface area contributed by atoms with Gasteiger partial charge in [-0.25, -0.2) is 0 Å². The van der Waals surface area contributed by atoms with E-state index in [4.69, 9.17) is 0 Å². The molecule has 2 aromatic carbocycles. The van der Waals surface area contributed by atoms with Crippen LogP contribution in [0, 0.1) is 6.92 Å². The fourth-order valence-electron chi connectivity index (χ4n) is 4.09. The second-order valence-corrected chi connectivity index (χ2v) is 9.42. The van der Waals surface area contributed by atoms with Gasteiger partial charge in [0.15, 0.2) is 4.75 Å². The summed E-state index contributed by atoms with van der Waals surface area (Å²) in [7, 11) is 1.76. The van der Waals surface area contributed by atoms with Crippen LogP contribution >= 0.6 is 11.8 Å². The zero-order valence-electron chi connectivity index (χ0n) is 17.2. The number of carbonyl (C=O) groups is 2. The molecule has 2 amide bonds. The SMILES string of the molecule is Cc1ccccc1CN1CCN(C(=O)C2(C)Sc3ccccc3N(C)C2=O)CC1. The van der Waals surface area contributed by atoms with E-state index in [1.54, 1.807) is 18.9 Å². The van der Waals surface area contributed by atoms with Gasteiger partial charge in [-0.15, -0.1) is 0 Å². The predicted octanol–water partition coefficient (Wildman–Crippen LogP) is 3.17. The smallest absolute Gasteiger partial charge is 0.252 e. The quantitative estimate of drug-likeness (QED) is 0.731. The maximum atomic E-state index is 13.4. The topological polar surface area (TPSA) is 43.9 Å². The van der Waals surface area contributed by atoms with Crippen LogP contribution in [0.25, 0.3) is 0 Å². The van der Waals surface area contributed by atoms with Gasteiger partial charge in [0, 0.05) is 44.7 Å². The Kier molecular flexibility index (Phi) is 5.40. The predicted molar refractivity (Wildman–Crippen MR) is 117 cm³/mol. The van der Waals surface area contributed by atoms with E-state index >= 15 is 0 Å². The number of para-hydroxylation sites is 1. The number of carbonyl (C=O) groups excluding carboxylic acids is 2. The van der Waals surface area contributed by atoms with Gasteiger partial charge in [-0.3, -0.25) is 14.5 Å². The Morgan fingerprint density at radius 1 is 1.03 bits per heavy atom. The minimum absolute atomic E-state index is 0.0793. The molecular weight excluding hydrogens is 382 g/mol. The summed E-state index contributed by atoms with van der Waals surface area (Å²) in [6.07, 6.45) is 0. The summed E-state index contributed by atoms with van der Waals surface area (Å²) in [6, 6.07) is 16.2. The van der Waals surface area contributed by atoms with E-state index in [1.807, 2.05) is 29.2 Å². The van der Waals surface area contributed by atoms with Crippen molar-refractivity contribution >= 4 is 29.3 Å². The summed E-state index contributed by atoms with van der Waals surface area (Å²) in [5, 5.41) is 0. The number of fused-ring (bicyclic) bond motifs is 1. The van der Waals surface area contributed by atoms with Crippen molar-refractivity contribution in [1.29, 1.82) is 0 Å². The average Bonchev–Trinajstić information content (AvgIpc) is 2.74. The molecule has 0 radical (unpaired) electrons. The molecule has 0 N–H and O–H groups in total. The number of benzene rings is 2. The summed E-state index contributed by atoms with van der Waals surface area (Å²) in [4.78, 5) is 33.3. The van der Waals surface area contributed by atoms with E-state index < -0.39 is 4.75 Å². The van der Waals surface area contributed by atoms with E-state index in [0.717, 1.165) is 30.2 Å². The normalized spacial score (nSPS) is 22.5. The van der Waals surface area contributed by atoms with Gasteiger partial charge in [-0.1, -0.05) is 48.2 Å². The van der Waals surface area contributed by atoms with Gasteiger partial charge in [-0.2, -0.15) is 0 Å². The number of rotatable bonds is 3. The van der Waals surface area contributed by atoms with Crippen molar-refractivity contribution in [3.63, 3.8) is 0 Å². The molecule has 2 aliphatic rings. The zero-order chi connectivity index (χ0) is 20.6. The summed E-state index contributed by atoms with van der Waals surface area (Å²) in [5.41, 5.74) is 3.50. The fraction of sp³-hybridized carbons (Fsp3) is 0.391. The molecule has 0 saturated carbocycles. The van der Waals surface area contributed by atoms with Crippen LogP contribution in [0.1, 0.15) is 18.1 Å². The first-order valence-electron chi connectivity index (χ1n) is 10.0. The molecule has 0 aromatic heterocycles. The lowest BCUT2D eigenvalue weighted by molar-refractivity contribution is -0.139. The van der Waals surface area contributed by atoms with E-state index in [0.29, 0.717) is 13.1 Å². The molecule has 5 nitrogen and oxygen atoms in total. The van der Waals surface area contributed by atoms with Crippen LogP contribution in [-0.2, 0) is 16.1 Å². The lowest BCUT2D eigenvalue weighted by Crippen LogP contribution is -2.59. The van der Waals surface area contributed by atoms with Gasteiger partial charge in [0.2, 0.25) is 5.91 Å². The number of hydrogen-bond acceptors (Lipinski definition) is 4. The summed E-state index contributed by atoms with van der Waals surface area (Å²) in [5.74, 6) is -0.224. The van der Waals surface area contributed by atoms with E-state index in [9.17, 15) is 9.59 Å². The van der Waals surface area contributed by atoms with Gasteiger partial charge in [0.05, 0.1) is 5.69 Å². The van der Waals surface area contributed by atoms with Crippen LogP contribution in [0.5, 0.6) is 0 Å². The Morgan fingerprint density at radius 2 is 1.69 bits per heavy atom. The Morgan fingerprint density at radius 3 is 2.41 bits per heavy atom. The summed E-state index contributed by atoms with van der Waals surface area (Å²) < 4.78 is -1.11. The van der Waals surface area contributed by atoms with E-state index in [2.05, 4.69) is 36.1 Å². The van der Waals surface area contributed by atoms with Gasteiger partial charge >= 0.3 is 0 Å². The first-order valence-corrected chi connectivity index (χ1v) is 10.8. The van der Waals surface area contributed by atoms with Crippen LogP contribution < -0.4 is 4.90 Å². The molecule has 6 heteroatoms. The molecule has 1 atom stereocenters. The molecule has 1 fully saturated rings. The maximum absolute atomic E-state index is 13.4. The largest absolute Gasteiger partial charge is 0.338 e. The fourth-order valence-corrected chi connectivity index (χ4v) is 5.42. The minimum atomic E-state index is -1.11. The third-order valence-electron chi connectivity index (χ3n) is 5.98. The minimum Gasteiger partial charge on any atom is -0.338 e. The first-order chi connectivity index (χ1) is 13.9. The molecule has 2 aromatic rings. The van der Waals surface area contributed by atoms with Crippen molar-refractivity contribution in [3.8, 4) is 0 Å². The van der Waals surface area contributed by atoms with Crippen LogP contribution in [0.3, 0.4) is 0 Å². The van der Waals surface area contributed by atoms with Crippen molar-refractivity contribution in [1.82, 2.24) is 9.80 Å². The van der Waals surface area contributed by atoms with Gasteiger partial charge in [0.1, 0.15) is 0 Å². The van der Waals surface area contributed by atoms with E-state index in [1.165, 1.54) is 22.9 Å². The van der Waals surface area contributed by atoms with Crippen molar-refractivity contribution in [2.24, 2.45) is 0 Å². The second-order valence-electron chi connectivity index (χ2n) is 7.96. The third kappa shape index (κ3) is 3.67. The standard InChI is InChI=1S/C23H27N3O2S/c1-17-8-4-5-9-18(17)16-25-12-14-26(15-13-25)22(28)23(2)21(27)24(3)19-10-6-7-11-20(19)29-23/h4-11H,12-16H2,1-3H3. The highest BCUT2D eigenvalue weighted by Crippen LogP contribution is 2.45. The zero-order valence-corrected chi connectivity index (χ0v) is 18.0. The molecule has 0 spiro atoms. The molecular formula is C23H27N3O2S. The van der Waals surface area contributed by atoms with Crippen LogP contribution in [0.15, 0.2) is 53.4 Å². The lowest BCUT2D eigenvalue weighted by Gasteiger charge is -2.42. The number of anilines is 1. The third-order valence-corrected chi connectivity index (χ3v) is 7.30. The Hall–Kier alpha value is -2.31. The number of hydrogen-bond donors (Lipinski definition) is 0. The van der Waals surface area contributed by atoms with Crippen molar-refractivity contribution in [2.75, 3.05) is 38.1 Å². The molecule has 29 heavy (non-hydrogen) atoms. The molecule has 1 unspecified atom stereocenters. The van der Waals surface area contributed by atoms with Crippen LogP contribution in [0.2, 0.25) is 0 Å². The van der Waals surface area contributed by atoms with Gasteiger partial charge < -0.3 is 9.80 Å². The number of thioether (sulfide) groups is 1. The molecule has 0 aliphatic carbocycles. The highest BCUT2D eigenvalue weighted by molar-refractivity contribution is 8.02. The first kappa shape index (κ1) is 20.0. The van der Waals surface area contributed by atoms with Gasteiger partial charge in [-0.05, 0) is 37.1 Å². The molecule has 2 aliphatic heterocycles. The number of piperazine rings is 1. The Balaban J connectivity index is 1.44. The second kappa shape index (κ2) is 7.84. The highest BCUT2D eigenvalue weighted by atomic mass is 32.2. The molecule has 152 valence electrons. The molecule has 1 saturated heterocycles. The maximum Gasteiger partial charge on any atom is 0.252 e. The van der Waals surface area contributed by atoms with Crippen molar-refractivity contribution in [3.05, 3.63) is 59.7 Å². The number of amides is 2.